The van der Waals surface area contributed by atoms with Crippen molar-refractivity contribution in [2.75, 3.05) is 0 Å². The van der Waals surface area contributed by atoms with E-state index in [1.54, 1.807) is 0 Å². The van der Waals surface area contributed by atoms with Gasteiger partial charge in [0.05, 0.1) is 16.4 Å². The molecule has 4 heteroatoms. The van der Waals surface area contributed by atoms with Crippen molar-refractivity contribution in [1.82, 2.24) is 9.55 Å². The van der Waals surface area contributed by atoms with Crippen LogP contribution in [-0.2, 0) is 0 Å². The molecule has 3 heterocycles. The molecule has 1 aliphatic carbocycles. The maximum atomic E-state index is 6.31. The van der Waals surface area contributed by atoms with Crippen LogP contribution in [0.3, 0.4) is 0 Å². The number of para-hydroxylation sites is 1. The monoisotopic (exact) mass is 604 g/mol. The lowest BCUT2D eigenvalue weighted by Gasteiger charge is -2.10. The normalized spacial score (nSPS) is 13.4. The maximum Gasteiger partial charge on any atom is 0.227 e. The Kier molecular flexibility index (Phi) is 5.67. The summed E-state index contributed by atoms with van der Waals surface area (Å²) in [7, 11) is 0. The van der Waals surface area contributed by atoms with Crippen molar-refractivity contribution in [3.05, 3.63) is 151 Å². The van der Waals surface area contributed by atoms with Gasteiger partial charge in [-0.05, 0) is 102 Å². The van der Waals surface area contributed by atoms with Crippen molar-refractivity contribution in [3.63, 3.8) is 0 Å². The summed E-state index contributed by atoms with van der Waals surface area (Å²) in [5.41, 5.74) is 12.6. The van der Waals surface area contributed by atoms with E-state index < -0.39 is 0 Å². The number of oxazole rings is 1. The number of allylic oxidation sites excluding steroid dienone is 4. The molecule has 47 heavy (non-hydrogen) atoms. The third kappa shape index (κ3) is 4.12. The number of fused-ring (bicyclic) bond motifs is 8. The lowest BCUT2D eigenvalue weighted by atomic mass is 9.97. The van der Waals surface area contributed by atoms with Crippen LogP contribution in [-0.4, -0.2) is 9.55 Å². The smallest absolute Gasteiger partial charge is 0.227 e. The zero-order chi connectivity index (χ0) is 30.9. The second kappa shape index (κ2) is 10.2. The number of aromatic nitrogens is 2. The summed E-state index contributed by atoms with van der Waals surface area (Å²) < 4.78 is 14.8. The van der Waals surface area contributed by atoms with E-state index in [9.17, 15) is 0 Å². The Labute approximate surface area is 270 Å². The van der Waals surface area contributed by atoms with Crippen LogP contribution in [0.5, 0.6) is 0 Å². The van der Waals surface area contributed by atoms with E-state index in [0.717, 1.165) is 57.1 Å². The molecule has 1 aliphatic rings. The molecule has 0 spiro atoms. The molecule has 10 rings (SSSR count). The van der Waals surface area contributed by atoms with Gasteiger partial charge < -0.3 is 13.4 Å². The first-order valence-electron chi connectivity index (χ1n) is 16.1. The summed E-state index contributed by atoms with van der Waals surface area (Å²) in [6.45, 7) is 0. The van der Waals surface area contributed by atoms with E-state index >= 15 is 0 Å². The fourth-order valence-electron chi connectivity index (χ4n) is 7.20. The van der Waals surface area contributed by atoms with Crippen LogP contribution in [0.25, 0.3) is 88.7 Å². The minimum Gasteiger partial charge on any atom is -0.456 e. The highest BCUT2D eigenvalue weighted by molar-refractivity contribution is 6.17. The summed E-state index contributed by atoms with van der Waals surface area (Å²) in [6, 6.07) is 44.8. The Morgan fingerprint density at radius 1 is 0.532 bits per heavy atom. The molecule has 4 nitrogen and oxygen atoms in total. The second-order valence-corrected chi connectivity index (χ2v) is 12.3. The Morgan fingerprint density at radius 2 is 1.26 bits per heavy atom. The molecule has 0 radical (unpaired) electrons. The molecule has 3 aromatic heterocycles. The number of hydrogen-bond donors (Lipinski definition) is 0. The third-order valence-corrected chi connectivity index (χ3v) is 9.47. The predicted octanol–water partition coefficient (Wildman–Crippen LogP) is 11.9. The van der Waals surface area contributed by atoms with Gasteiger partial charge in [0.2, 0.25) is 5.89 Å². The molecule has 0 amide bonds. The molecular formula is C43H28N2O2. The molecule has 9 aromatic rings. The summed E-state index contributed by atoms with van der Waals surface area (Å²) >= 11 is 0. The molecule has 0 saturated heterocycles. The molecule has 6 aromatic carbocycles. The minimum absolute atomic E-state index is 0.595. The Balaban J connectivity index is 1.11. The average Bonchev–Trinajstić information content (AvgIpc) is 3.83. The lowest BCUT2D eigenvalue weighted by Crippen LogP contribution is -1.94. The minimum atomic E-state index is 0.595. The number of rotatable bonds is 4. The largest absolute Gasteiger partial charge is 0.456 e. The molecule has 222 valence electrons. The van der Waals surface area contributed by atoms with Crippen LogP contribution in [0.1, 0.15) is 18.4 Å². The van der Waals surface area contributed by atoms with Gasteiger partial charge in [0.15, 0.2) is 5.58 Å². The molecule has 0 aliphatic heterocycles. The quantitative estimate of drug-likeness (QED) is 0.201. The molecule has 0 unspecified atom stereocenters. The molecule has 0 N–H and O–H groups in total. The SMILES string of the molecule is C1=CC(c2ccc3c(c2)c2cc(-c4ccccc4)ccc2n3-c2ccc(-c3nc4c(ccc5oc6ccccc6c54)o3)cc2)=CCC1. The van der Waals surface area contributed by atoms with Crippen molar-refractivity contribution in [2.24, 2.45) is 0 Å². The van der Waals surface area contributed by atoms with E-state index in [1.165, 1.54) is 44.1 Å². The first kappa shape index (κ1) is 26.1. The van der Waals surface area contributed by atoms with Gasteiger partial charge in [0.25, 0.3) is 0 Å². The van der Waals surface area contributed by atoms with Crippen LogP contribution in [0.15, 0.2) is 154 Å². The molecule has 0 saturated carbocycles. The van der Waals surface area contributed by atoms with Gasteiger partial charge in [-0.3, -0.25) is 0 Å². The van der Waals surface area contributed by atoms with Crippen LogP contribution < -0.4 is 0 Å². The van der Waals surface area contributed by atoms with Crippen LogP contribution in [0.2, 0.25) is 0 Å². The van der Waals surface area contributed by atoms with Gasteiger partial charge in [-0.1, -0.05) is 78.9 Å². The summed E-state index contributed by atoms with van der Waals surface area (Å²) in [5.74, 6) is 0.595. The van der Waals surface area contributed by atoms with Crippen LogP contribution in [0.4, 0.5) is 0 Å². The number of benzene rings is 6. The topological polar surface area (TPSA) is 44.1 Å². The van der Waals surface area contributed by atoms with Crippen molar-refractivity contribution < 1.29 is 8.83 Å². The lowest BCUT2D eigenvalue weighted by molar-refractivity contribution is 0.619. The van der Waals surface area contributed by atoms with Crippen LogP contribution in [0, 0.1) is 0 Å². The average molecular weight is 605 g/mol. The highest BCUT2D eigenvalue weighted by Gasteiger charge is 2.18. The van der Waals surface area contributed by atoms with Crippen molar-refractivity contribution in [1.29, 1.82) is 0 Å². The Morgan fingerprint density at radius 3 is 2.06 bits per heavy atom. The Hall–Kier alpha value is -6.13. The first-order valence-corrected chi connectivity index (χ1v) is 16.1. The molecule has 0 bridgehead atoms. The van der Waals surface area contributed by atoms with Gasteiger partial charge in [-0.2, -0.15) is 0 Å². The van der Waals surface area contributed by atoms with Gasteiger partial charge in [0.1, 0.15) is 16.7 Å². The van der Waals surface area contributed by atoms with Gasteiger partial charge in [-0.15, -0.1) is 0 Å². The van der Waals surface area contributed by atoms with Crippen molar-refractivity contribution in [3.8, 4) is 28.3 Å². The fourth-order valence-corrected chi connectivity index (χ4v) is 7.20. The van der Waals surface area contributed by atoms with E-state index in [4.69, 9.17) is 13.8 Å². The summed E-state index contributed by atoms with van der Waals surface area (Å²) in [4.78, 5) is 4.97. The van der Waals surface area contributed by atoms with E-state index in [1.807, 2.05) is 30.3 Å². The van der Waals surface area contributed by atoms with Crippen molar-refractivity contribution >= 4 is 60.4 Å². The summed E-state index contributed by atoms with van der Waals surface area (Å²) in [6.07, 6.45) is 9.06. The first-order chi connectivity index (χ1) is 23.3. The zero-order valence-corrected chi connectivity index (χ0v) is 25.5. The maximum absolute atomic E-state index is 6.31. The van der Waals surface area contributed by atoms with Crippen LogP contribution >= 0.6 is 0 Å². The Bertz CT molecular complexity index is 2720. The highest BCUT2D eigenvalue weighted by Crippen LogP contribution is 2.39. The predicted molar refractivity (Wildman–Crippen MR) is 193 cm³/mol. The third-order valence-electron chi connectivity index (χ3n) is 9.47. The summed E-state index contributed by atoms with van der Waals surface area (Å²) in [5, 5.41) is 4.52. The molecular weight excluding hydrogens is 576 g/mol. The highest BCUT2D eigenvalue weighted by atomic mass is 16.4. The van der Waals surface area contributed by atoms with E-state index in [0.29, 0.717) is 5.89 Å². The second-order valence-electron chi connectivity index (χ2n) is 12.3. The number of nitrogens with zero attached hydrogens (tertiary/aromatic N) is 2. The molecule has 0 fully saturated rings. The zero-order valence-electron chi connectivity index (χ0n) is 25.5. The van der Waals surface area contributed by atoms with Crippen molar-refractivity contribution in [2.45, 2.75) is 12.8 Å². The number of hydrogen-bond acceptors (Lipinski definition) is 3. The fraction of sp³-hybridized carbons (Fsp3) is 0.0465. The number of furan rings is 1. The standard InChI is InChI=1S/C43H28N2O2/c1-3-9-27(10-4-1)30-17-21-36-34(25-30)35-26-31(28-11-5-2-6-12-28)18-22-37(35)45(36)32-19-15-29(16-20-32)43-44-42-40(47-43)24-23-39-41(42)33-13-7-8-14-38(33)46-39/h1,3-5,7-26H,2,6H2. The van der Waals surface area contributed by atoms with Gasteiger partial charge >= 0.3 is 0 Å². The van der Waals surface area contributed by atoms with Gasteiger partial charge in [0, 0.05) is 27.4 Å². The van der Waals surface area contributed by atoms with Gasteiger partial charge in [-0.25, -0.2) is 4.98 Å². The van der Waals surface area contributed by atoms with E-state index in [2.05, 4.69) is 120 Å². The molecule has 0 atom stereocenters. The van der Waals surface area contributed by atoms with E-state index in [-0.39, 0.29) is 0 Å².